The van der Waals surface area contributed by atoms with Gasteiger partial charge in [-0.25, -0.2) is 4.68 Å². The lowest BCUT2D eigenvalue weighted by Crippen LogP contribution is -2.00. The van der Waals surface area contributed by atoms with Crippen LogP contribution in [0.4, 0.5) is 0 Å². The minimum atomic E-state index is -0.568. The summed E-state index contributed by atoms with van der Waals surface area (Å²) < 4.78 is 1.74. The van der Waals surface area contributed by atoms with E-state index >= 15 is 0 Å². The summed E-state index contributed by atoms with van der Waals surface area (Å²) in [6.07, 6.45) is 1.21. The number of aromatic nitrogens is 3. The van der Waals surface area contributed by atoms with Crippen molar-refractivity contribution < 1.29 is 5.11 Å². The normalized spacial score (nSPS) is 12.9. The third-order valence-corrected chi connectivity index (χ3v) is 2.98. The predicted octanol–water partition coefficient (Wildman–Crippen LogP) is 2.50. The Morgan fingerprint density at radius 2 is 1.83 bits per heavy atom. The number of benzene rings is 1. The second kappa shape index (κ2) is 5.31. The van der Waals surface area contributed by atoms with Gasteiger partial charge in [0.25, 0.3) is 0 Å². The highest BCUT2D eigenvalue weighted by atomic mass is 16.3. The Labute approximate surface area is 107 Å². The number of hydrogen-bond donors (Lipinski definition) is 1. The van der Waals surface area contributed by atoms with Gasteiger partial charge in [0.2, 0.25) is 0 Å². The molecule has 2 rings (SSSR count). The van der Waals surface area contributed by atoms with Crippen molar-refractivity contribution in [1.29, 1.82) is 0 Å². The Morgan fingerprint density at radius 1 is 1.17 bits per heavy atom. The number of hydrogen-bond acceptors (Lipinski definition) is 3. The number of aliphatic hydroxyl groups is 1. The number of aliphatic hydroxyl groups excluding tert-OH is 1. The Hall–Kier alpha value is -1.68. The Kier molecular flexibility index (Phi) is 3.77. The molecular formula is C14H19N3O. The van der Waals surface area contributed by atoms with Crippen molar-refractivity contribution in [2.45, 2.75) is 39.3 Å². The fraction of sp³-hybridized carbons (Fsp3) is 0.429. The highest BCUT2D eigenvalue weighted by molar-refractivity contribution is 5.24. The molecule has 1 unspecified atom stereocenters. The summed E-state index contributed by atoms with van der Waals surface area (Å²) in [6, 6.07) is 8.51. The van der Waals surface area contributed by atoms with Crippen molar-refractivity contribution in [3.63, 3.8) is 0 Å². The van der Waals surface area contributed by atoms with Gasteiger partial charge >= 0.3 is 0 Å². The van der Waals surface area contributed by atoms with E-state index in [0.29, 0.717) is 18.2 Å². The summed E-state index contributed by atoms with van der Waals surface area (Å²) in [7, 11) is 0. The highest BCUT2D eigenvalue weighted by Gasteiger charge is 2.06. The molecule has 4 nitrogen and oxygen atoms in total. The quantitative estimate of drug-likeness (QED) is 0.900. The van der Waals surface area contributed by atoms with Gasteiger partial charge in [-0.1, -0.05) is 43.3 Å². The molecule has 18 heavy (non-hydrogen) atoms. The zero-order valence-electron chi connectivity index (χ0n) is 11.0. The molecule has 4 heteroatoms. The van der Waals surface area contributed by atoms with Crippen LogP contribution in [0.25, 0.3) is 0 Å². The smallest absolute Gasteiger partial charge is 0.111 e. The summed E-state index contributed by atoms with van der Waals surface area (Å²) in [6.45, 7) is 6.73. The van der Waals surface area contributed by atoms with Crippen LogP contribution in [0.2, 0.25) is 0 Å². The van der Waals surface area contributed by atoms with Crippen molar-refractivity contribution >= 4 is 0 Å². The predicted molar refractivity (Wildman–Crippen MR) is 70.3 cm³/mol. The first kappa shape index (κ1) is 12.8. The molecule has 0 spiro atoms. The van der Waals surface area contributed by atoms with Crippen LogP contribution in [0.5, 0.6) is 0 Å². The summed E-state index contributed by atoms with van der Waals surface area (Å²) in [5, 5.41) is 17.3. The molecule has 1 atom stereocenters. The first-order valence-corrected chi connectivity index (χ1v) is 6.23. The SMILES string of the molecule is CC(C)c1ccc(Cn2cc(C(C)O)nn2)cc1. The van der Waals surface area contributed by atoms with Crippen LogP contribution >= 0.6 is 0 Å². The van der Waals surface area contributed by atoms with E-state index in [4.69, 9.17) is 0 Å². The molecule has 96 valence electrons. The summed E-state index contributed by atoms with van der Waals surface area (Å²) in [5.41, 5.74) is 3.12. The van der Waals surface area contributed by atoms with Crippen LogP contribution in [0.1, 0.15) is 49.6 Å². The Morgan fingerprint density at radius 3 is 2.33 bits per heavy atom. The van der Waals surface area contributed by atoms with E-state index in [1.165, 1.54) is 11.1 Å². The van der Waals surface area contributed by atoms with Crippen molar-refractivity contribution in [2.75, 3.05) is 0 Å². The van der Waals surface area contributed by atoms with Crippen LogP contribution in [0, 0.1) is 0 Å². The van der Waals surface area contributed by atoms with Crippen molar-refractivity contribution in [3.8, 4) is 0 Å². The van der Waals surface area contributed by atoms with E-state index in [1.54, 1.807) is 17.8 Å². The van der Waals surface area contributed by atoms with Crippen molar-refractivity contribution in [2.24, 2.45) is 0 Å². The second-order valence-corrected chi connectivity index (χ2v) is 4.91. The molecule has 1 aromatic carbocycles. The molecule has 0 aliphatic heterocycles. The van der Waals surface area contributed by atoms with Gasteiger partial charge in [-0.15, -0.1) is 5.10 Å². The molecule has 1 N–H and O–H groups in total. The fourth-order valence-corrected chi connectivity index (χ4v) is 1.78. The first-order chi connectivity index (χ1) is 8.56. The molecule has 2 aromatic rings. The molecule has 0 aliphatic carbocycles. The van der Waals surface area contributed by atoms with Gasteiger partial charge in [-0.2, -0.15) is 0 Å². The average Bonchev–Trinajstić information content (AvgIpc) is 2.78. The van der Waals surface area contributed by atoms with Gasteiger partial charge < -0.3 is 5.11 Å². The molecule has 0 saturated carbocycles. The molecule has 0 aliphatic rings. The zero-order valence-corrected chi connectivity index (χ0v) is 11.0. The zero-order chi connectivity index (χ0) is 13.1. The maximum Gasteiger partial charge on any atom is 0.111 e. The average molecular weight is 245 g/mol. The topological polar surface area (TPSA) is 50.9 Å². The fourth-order valence-electron chi connectivity index (χ4n) is 1.78. The number of nitrogens with zero attached hydrogens (tertiary/aromatic N) is 3. The molecule has 0 saturated heterocycles. The Bertz CT molecular complexity index is 500. The van der Waals surface area contributed by atoms with Gasteiger partial charge in [0.05, 0.1) is 18.8 Å². The molecule has 1 aromatic heterocycles. The maximum atomic E-state index is 9.38. The van der Waals surface area contributed by atoms with Crippen LogP contribution < -0.4 is 0 Å². The molecular weight excluding hydrogens is 226 g/mol. The third-order valence-electron chi connectivity index (χ3n) is 2.98. The van der Waals surface area contributed by atoms with Crippen LogP contribution in [-0.4, -0.2) is 20.1 Å². The van der Waals surface area contributed by atoms with Gasteiger partial charge in [-0.05, 0) is 24.0 Å². The van der Waals surface area contributed by atoms with E-state index in [1.807, 2.05) is 0 Å². The van der Waals surface area contributed by atoms with Gasteiger partial charge in [-0.3, -0.25) is 0 Å². The first-order valence-electron chi connectivity index (χ1n) is 6.23. The van der Waals surface area contributed by atoms with E-state index in [2.05, 4.69) is 48.4 Å². The third kappa shape index (κ3) is 2.96. The summed E-state index contributed by atoms with van der Waals surface area (Å²) in [5.74, 6) is 0.548. The second-order valence-electron chi connectivity index (χ2n) is 4.91. The van der Waals surface area contributed by atoms with Crippen LogP contribution in [-0.2, 0) is 6.54 Å². The molecule has 1 heterocycles. The molecule has 0 amide bonds. The number of rotatable bonds is 4. The van der Waals surface area contributed by atoms with Crippen LogP contribution in [0.3, 0.4) is 0 Å². The molecule has 0 bridgehead atoms. The monoisotopic (exact) mass is 245 g/mol. The summed E-state index contributed by atoms with van der Waals surface area (Å²) in [4.78, 5) is 0. The molecule has 0 fully saturated rings. The lowest BCUT2D eigenvalue weighted by molar-refractivity contribution is 0.194. The highest BCUT2D eigenvalue weighted by Crippen LogP contribution is 2.15. The lowest BCUT2D eigenvalue weighted by atomic mass is 10.0. The van der Waals surface area contributed by atoms with E-state index < -0.39 is 6.10 Å². The van der Waals surface area contributed by atoms with E-state index in [-0.39, 0.29) is 0 Å². The van der Waals surface area contributed by atoms with Gasteiger partial charge in [0, 0.05) is 0 Å². The maximum absolute atomic E-state index is 9.38. The summed E-state index contributed by atoms with van der Waals surface area (Å²) >= 11 is 0. The van der Waals surface area contributed by atoms with Crippen molar-refractivity contribution in [3.05, 3.63) is 47.3 Å². The van der Waals surface area contributed by atoms with E-state index in [0.717, 1.165) is 0 Å². The van der Waals surface area contributed by atoms with Crippen molar-refractivity contribution in [1.82, 2.24) is 15.0 Å². The molecule has 0 radical (unpaired) electrons. The van der Waals surface area contributed by atoms with Gasteiger partial charge in [0.1, 0.15) is 5.69 Å². The lowest BCUT2D eigenvalue weighted by Gasteiger charge is -2.06. The minimum absolute atomic E-state index is 0.548. The van der Waals surface area contributed by atoms with E-state index in [9.17, 15) is 5.11 Å². The minimum Gasteiger partial charge on any atom is -0.387 e. The Balaban J connectivity index is 2.08. The van der Waals surface area contributed by atoms with Gasteiger partial charge in [0.15, 0.2) is 0 Å². The standard InChI is InChI=1S/C14H19N3O/c1-10(2)13-6-4-12(5-7-13)8-17-9-14(11(3)18)15-16-17/h4-7,9-11,18H,8H2,1-3H3. The largest absolute Gasteiger partial charge is 0.387 e. The van der Waals surface area contributed by atoms with Crippen LogP contribution in [0.15, 0.2) is 30.5 Å².